The number of carboxylic acid groups (broad SMARTS) is 1. The molecule has 6 nitrogen and oxygen atoms in total. The van der Waals surface area contributed by atoms with E-state index < -0.39 is 5.97 Å². The van der Waals surface area contributed by atoms with Crippen LogP contribution in [0.2, 0.25) is 0 Å². The minimum Gasteiger partial charge on any atom is -0.477 e. The lowest BCUT2D eigenvalue weighted by Crippen LogP contribution is -2.16. The van der Waals surface area contributed by atoms with Gasteiger partial charge >= 0.3 is 5.97 Å². The fourth-order valence-corrected chi connectivity index (χ4v) is 3.51. The zero-order valence-electron chi connectivity index (χ0n) is 12.2. The van der Waals surface area contributed by atoms with Crippen LogP contribution < -0.4 is 5.32 Å². The molecular formula is C14H16N2O4S. The molecular weight excluding hydrogens is 292 g/mol. The van der Waals surface area contributed by atoms with E-state index in [0.29, 0.717) is 10.2 Å². The molecule has 0 aliphatic heterocycles. The molecule has 0 aromatic carbocycles. The average Bonchev–Trinajstić information content (AvgIpc) is 2.76. The van der Waals surface area contributed by atoms with Crippen molar-refractivity contribution < 1.29 is 19.5 Å². The number of aromatic nitrogens is 1. The summed E-state index contributed by atoms with van der Waals surface area (Å²) in [6.07, 6.45) is 0. The molecule has 0 aliphatic carbocycles. The first-order chi connectivity index (χ1) is 9.73. The summed E-state index contributed by atoms with van der Waals surface area (Å²) in [6.45, 7) is 6.51. The molecule has 2 aromatic rings. The molecule has 1 amide bonds. The average molecular weight is 308 g/mol. The maximum Gasteiger partial charge on any atom is 0.354 e. The number of thiophene rings is 1. The fraction of sp³-hybridized carbons (Fsp3) is 0.357. The first-order valence-electron chi connectivity index (χ1n) is 6.36. The predicted molar refractivity (Wildman–Crippen MR) is 81.2 cm³/mol. The van der Waals surface area contributed by atoms with E-state index in [4.69, 9.17) is 0 Å². The van der Waals surface area contributed by atoms with Crippen molar-refractivity contribution in [3.05, 3.63) is 16.1 Å². The van der Waals surface area contributed by atoms with E-state index in [1.54, 1.807) is 0 Å². The molecule has 21 heavy (non-hydrogen) atoms. The first-order valence-corrected chi connectivity index (χ1v) is 7.18. The number of aromatic carboxylic acids is 1. The Bertz CT molecular complexity index is 770. The van der Waals surface area contributed by atoms with Crippen LogP contribution >= 0.6 is 11.3 Å². The van der Waals surface area contributed by atoms with Crippen LogP contribution in [0.4, 0.5) is 5.69 Å². The van der Waals surface area contributed by atoms with Gasteiger partial charge in [-0.1, -0.05) is 0 Å². The Morgan fingerprint density at radius 1 is 1.24 bits per heavy atom. The molecule has 0 saturated carbocycles. The second kappa shape index (κ2) is 5.33. The van der Waals surface area contributed by atoms with Crippen molar-refractivity contribution in [1.82, 2.24) is 4.57 Å². The zero-order chi connectivity index (χ0) is 15.9. The molecule has 0 spiro atoms. The Hall–Kier alpha value is -2.15. The predicted octanol–water partition coefficient (Wildman–Crippen LogP) is 2.57. The van der Waals surface area contributed by atoms with E-state index in [-0.39, 0.29) is 29.6 Å². The van der Waals surface area contributed by atoms with E-state index in [9.17, 15) is 19.5 Å². The van der Waals surface area contributed by atoms with E-state index in [0.717, 1.165) is 10.4 Å². The Balaban J connectivity index is 2.88. The number of nitrogens with zero attached hydrogens (tertiary/aromatic N) is 1. The molecule has 2 rings (SSSR count). The maximum atomic E-state index is 11.6. The summed E-state index contributed by atoms with van der Waals surface area (Å²) in [5, 5.41) is 12.8. The third-order valence-corrected chi connectivity index (χ3v) is 4.48. The minimum atomic E-state index is -1.17. The van der Waals surface area contributed by atoms with E-state index in [1.807, 2.05) is 13.8 Å². The van der Waals surface area contributed by atoms with Crippen LogP contribution in [0.3, 0.4) is 0 Å². The van der Waals surface area contributed by atoms with Crippen LogP contribution in [0.1, 0.15) is 34.8 Å². The van der Waals surface area contributed by atoms with Crippen LogP contribution in [-0.2, 0) is 16.1 Å². The zero-order valence-corrected chi connectivity index (χ0v) is 13.1. The number of amides is 1. The first kappa shape index (κ1) is 15.2. The number of rotatable bonds is 4. The number of fused-ring (bicyclic) bond motifs is 1. The highest BCUT2D eigenvalue weighted by Gasteiger charge is 2.27. The van der Waals surface area contributed by atoms with Crippen molar-refractivity contribution in [1.29, 1.82) is 0 Å². The number of ketones is 1. The monoisotopic (exact) mass is 308 g/mol. The number of carboxylic acids is 1. The largest absolute Gasteiger partial charge is 0.477 e. The van der Waals surface area contributed by atoms with Gasteiger partial charge in [0, 0.05) is 17.2 Å². The summed E-state index contributed by atoms with van der Waals surface area (Å²) in [7, 11) is 0. The van der Waals surface area contributed by atoms with Crippen molar-refractivity contribution in [3.63, 3.8) is 0 Å². The number of hydrogen-bond acceptors (Lipinski definition) is 4. The summed E-state index contributed by atoms with van der Waals surface area (Å²) in [5.41, 5.74) is 1.14. The van der Waals surface area contributed by atoms with Gasteiger partial charge in [0.1, 0.15) is 10.6 Å². The maximum absolute atomic E-state index is 11.6. The smallest absolute Gasteiger partial charge is 0.354 e. The van der Waals surface area contributed by atoms with Crippen molar-refractivity contribution in [2.75, 3.05) is 5.32 Å². The van der Waals surface area contributed by atoms with E-state index in [2.05, 4.69) is 5.32 Å². The van der Waals surface area contributed by atoms with Crippen molar-refractivity contribution in [2.45, 2.75) is 34.2 Å². The normalized spacial score (nSPS) is 10.9. The van der Waals surface area contributed by atoms with Gasteiger partial charge in [-0.2, -0.15) is 0 Å². The summed E-state index contributed by atoms with van der Waals surface area (Å²) in [4.78, 5) is 36.2. The number of carbonyl (C=O) groups excluding carboxylic acids is 2. The second-order valence-electron chi connectivity index (χ2n) is 4.96. The molecule has 2 N–H and O–H groups in total. The molecule has 0 unspecified atom stereocenters. The third-order valence-electron chi connectivity index (χ3n) is 3.25. The molecule has 112 valence electrons. The molecule has 2 heterocycles. The lowest BCUT2D eigenvalue weighted by molar-refractivity contribution is -0.117. The van der Waals surface area contributed by atoms with Gasteiger partial charge in [-0.05, 0) is 26.3 Å². The Labute approximate surface area is 125 Å². The summed E-state index contributed by atoms with van der Waals surface area (Å²) in [5.74, 6) is -1.66. The number of aryl methyl sites for hydroxylation is 2. The standard InChI is InChI=1S/C14H16N2O4S/c1-6(17)5-16-12(14(19)20)11(15-9(4)18)10-7(2)8(3)21-13(10)16/h5H2,1-4H3,(H,15,18)(H,19,20). The molecule has 7 heteroatoms. The van der Waals surface area contributed by atoms with Gasteiger partial charge in [-0.15, -0.1) is 11.3 Å². The van der Waals surface area contributed by atoms with Gasteiger partial charge in [0.25, 0.3) is 0 Å². The Morgan fingerprint density at radius 3 is 2.33 bits per heavy atom. The van der Waals surface area contributed by atoms with Gasteiger partial charge in [0.2, 0.25) is 5.91 Å². The van der Waals surface area contributed by atoms with Crippen LogP contribution in [0.15, 0.2) is 0 Å². The SMILES string of the molecule is CC(=O)Cn1c(C(=O)O)c(NC(C)=O)c2c(C)c(C)sc21. The highest BCUT2D eigenvalue weighted by Crippen LogP contribution is 2.40. The number of Topliss-reactive ketones (excluding diaryl/α,β-unsaturated/α-hetero) is 1. The van der Waals surface area contributed by atoms with Crippen LogP contribution in [0.5, 0.6) is 0 Å². The van der Waals surface area contributed by atoms with E-state index in [1.165, 1.54) is 29.8 Å². The Morgan fingerprint density at radius 2 is 1.86 bits per heavy atom. The molecule has 0 saturated heterocycles. The highest BCUT2D eigenvalue weighted by molar-refractivity contribution is 7.19. The number of carbonyl (C=O) groups is 3. The van der Waals surface area contributed by atoms with Crippen LogP contribution in [0.25, 0.3) is 10.2 Å². The molecule has 0 aliphatic rings. The van der Waals surface area contributed by atoms with Crippen LogP contribution in [0, 0.1) is 13.8 Å². The van der Waals surface area contributed by atoms with Crippen molar-refractivity contribution >= 4 is 44.9 Å². The van der Waals surface area contributed by atoms with Crippen molar-refractivity contribution in [3.8, 4) is 0 Å². The summed E-state index contributed by atoms with van der Waals surface area (Å²) < 4.78 is 1.47. The summed E-state index contributed by atoms with van der Waals surface area (Å²) in [6, 6.07) is 0. The molecule has 0 atom stereocenters. The van der Waals surface area contributed by atoms with E-state index >= 15 is 0 Å². The molecule has 0 bridgehead atoms. The number of hydrogen-bond donors (Lipinski definition) is 2. The lowest BCUT2D eigenvalue weighted by Gasteiger charge is -2.07. The number of anilines is 1. The number of nitrogens with one attached hydrogen (secondary N) is 1. The molecule has 0 fully saturated rings. The quantitative estimate of drug-likeness (QED) is 0.908. The topological polar surface area (TPSA) is 88.4 Å². The molecule has 0 radical (unpaired) electrons. The van der Waals surface area contributed by atoms with Gasteiger partial charge in [0.05, 0.1) is 12.2 Å². The molecule has 2 aromatic heterocycles. The fourth-order valence-electron chi connectivity index (χ4n) is 2.34. The highest BCUT2D eigenvalue weighted by atomic mass is 32.1. The lowest BCUT2D eigenvalue weighted by atomic mass is 10.2. The van der Waals surface area contributed by atoms with Gasteiger partial charge < -0.3 is 15.0 Å². The summed E-state index contributed by atoms with van der Waals surface area (Å²) >= 11 is 1.42. The van der Waals surface area contributed by atoms with Crippen LogP contribution in [-0.4, -0.2) is 27.3 Å². The third kappa shape index (κ3) is 2.56. The Kier molecular flexibility index (Phi) is 3.87. The second-order valence-corrected chi connectivity index (χ2v) is 6.16. The van der Waals surface area contributed by atoms with Gasteiger partial charge in [-0.3, -0.25) is 9.59 Å². The minimum absolute atomic E-state index is 0.0306. The van der Waals surface area contributed by atoms with Crippen molar-refractivity contribution in [2.24, 2.45) is 0 Å². The van der Waals surface area contributed by atoms with Gasteiger partial charge in [0.15, 0.2) is 5.69 Å². The van der Waals surface area contributed by atoms with Gasteiger partial charge in [-0.25, -0.2) is 4.79 Å².